The van der Waals surface area contributed by atoms with E-state index in [2.05, 4.69) is 0 Å². The van der Waals surface area contributed by atoms with Crippen LogP contribution in [-0.2, 0) is 4.74 Å². The zero-order valence-corrected chi connectivity index (χ0v) is 10.8. The predicted octanol–water partition coefficient (Wildman–Crippen LogP) is 1.33. The van der Waals surface area contributed by atoms with E-state index in [0.717, 1.165) is 6.07 Å². The molecule has 1 aromatic rings. The second-order valence-electron chi connectivity index (χ2n) is 4.68. The van der Waals surface area contributed by atoms with Crippen LogP contribution in [0.25, 0.3) is 0 Å². The fourth-order valence-corrected chi connectivity index (χ4v) is 2.17. The summed E-state index contributed by atoms with van der Waals surface area (Å²) in [7, 11) is 0. The molecule has 7 heteroatoms. The Morgan fingerprint density at radius 3 is 2.70 bits per heavy atom. The summed E-state index contributed by atoms with van der Waals surface area (Å²) in [6.07, 6.45) is -0.908. The lowest BCUT2D eigenvalue weighted by molar-refractivity contribution is -0.0859. The molecule has 1 aliphatic heterocycles. The van der Waals surface area contributed by atoms with E-state index < -0.39 is 35.0 Å². The van der Waals surface area contributed by atoms with Crippen LogP contribution in [-0.4, -0.2) is 47.8 Å². The predicted molar refractivity (Wildman–Crippen MR) is 63.6 cm³/mol. The van der Waals surface area contributed by atoms with E-state index in [-0.39, 0.29) is 25.8 Å². The van der Waals surface area contributed by atoms with Gasteiger partial charge in [0.1, 0.15) is 0 Å². The van der Waals surface area contributed by atoms with Gasteiger partial charge in [0.05, 0.1) is 24.4 Å². The summed E-state index contributed by atoms with van der Waals surface area (Å²) in [4.78, 5) is 13.4. The lowest BCUT2D eigenvalue weighted by Crippen LogP contribution is -2.50. The van der Waals surface area contributed by atoms with Gasteiger partial charge < -0.3 is 14.7 Å². The molecule has 1 amide bonds. The Hall–Kier alpha value is -1.60. The first-order chi connectivity index (χ1) is 9.43. The Morgan fingerprint density at radius 2 is 2.05 bits per heavy atom. The second-order valence-corrected chi connectivity index (χ2v) is 4.68. The number of morpholine rings is 1. The third-order valence-corrected chi connectivity index (χ3v) is 3.08. The third-order valence-electron chi connectivity index (χ3n) is 3.08. The van der Waals surface area contributed by atoms with E-state index in [4.69, 9.17) is 9.84 Å². The van der Waals surface area contributed by atoms with Gasteiger partial charge in [-0.1, -0.05) is 0 Å². The van der Waals surface area contributed by atoms with Gasteiger partial charge in [-0.2, -0.15) is 0 Å². The zero-order valence-electron chi connectivity index (χ0n) is 10.8. The number of amides is 1. The van der Waals surface area contributed by atoms with Crippen molar-refractivity contribution in [1.82, 2.24) is 4.90 Å². The number of benzene rings is 1. The molecule has 0 saturated carbocycles. The molecule has 4 nitrogen and oxygen atoms in total. The lowest BCUT2D eigenvalue weighted by Gasteiger charge is -2.36. The Kier molecular flexibility index (Phi) is 4.29. The van der Waals surface area contributed by atoms with Gasteiger partial charge in [0.25, 0.3) is 5.91 Å². The first kappa shape index (κ1) is 14.8. The van der Waals surface area contributed by atoms with Crippen LogP contribution in [0.1, 0.15) is 17.3 Å². The van der Waals surface area contributed by atoms with Crippen LogP contribution < -0.4 is 0 Å². The van der Waals surface area contributed by atoms with Crippen LogP contribution in [0.2, 0.25) is 0 Å². The van der Waals surface area contributed by atoms with Crippen molar-refractivity contribution in [2.24, 2.45) is 0 Å². The molecule has 1 heterocycles. The molecule has 20 heavy (non-hydrogen) atoms. The van der Waals surface area contributed by atoms with Crippen molar-refractivity contribution >= 4 is 5.91 Å². The van der Waals surface area contributed by atoms with Gasteiger partial charge in [-0.25, -0.2) is 13.2 Å². The molecule has 0 radical (unpaired) electrons. The molecule has 1 aromatic carbocycles. The molecule has 1 aliphatic rings. The molecule has 2 atom stereocenters. The molecular formula is C13H14F3NO3. The summed E-state index contributed by atoms with van der Waals surface area (Å²) in [5.74, 6) is -5.27. The monoisotopic (exact) mass is 289 g/mol. The number of hydrogen-bond acceptors (Lipinski definition) is 3. The minimum atomic E-state index is -1.67. The van der Waals surface area contributed by atoms with E-state index >= 15 is 0 Å². The molecule has 2 unspecified atom stereocenters. The van der Waals surface area contributed by atoms with Crippen molar-refractivity contribution in [3.05, 3.63) is 35.1 Å². The van der Waals surface area contributed by atoms with E-state index in [1.807, 2.05) is 0 Å². The molecule has 110 valence electrons. The normalized spacial score (nSPS) is 22.9. The second kappa shape index (κ2) is 5.80. The molecule has 1 saturated heterocycles. The van der Waals surface area contributed by atoms with E-state index in [0.29, 0.717) is 6.07 Å². The van der Waals surface area contributed by atoms with Crippen molar-refractivity contribution in [2.75, 3.05) is 19.7 Å². The number of nitrogens with zero attached hydrogens (tertiary/aromatic N) is 1. The Balaban J connectivity index is 2.25. The summed E-state index contributed by atoms with van der Waals surface area (Å²) in [5.41, 5.74) is -0.533. The molecule has 0 aliphatic carbocycles. The van der Waals surface area contributed by atoms with Crippen LogP contribution in [0.3, 0.4) is 0 Å². The van der Waals surface area contributed by atoms with E-state index in [9.17, 15) is 18.0 Å². The van der Waals surface area contributed by atoms with Crippen LogP contribution in [0.15, 0.2) is 12.1 Å². The van der Waals surface area contributed by atoms with Crippen molar-refractivity contribution < 1.29 is 27.8 Å². The van der Waals surface area contributed by atoms with Gasteiger partial charge in [0.2, 0.25) is 0 Å². The average molecular weight is 289 g/mol. The lowest BCUT2D eigenvalue weighted by atomic mass is 10.1. The maximum absolute atomic E-state index is 13.6. The Bertz CT molecular complexity index is 524. The molecular weight excluding hydrogens is 275 g/mol. The van der Waals surface area contributed by atoms with Gasteiger partial charge in [-0.3, -0.25) is 4.79 Å². The van der Waals surface area contributed by atoms with Crippen LogP contribution >= 0.6 is 0 Å². The highest BCUT2D eigenvalue weighted by Crippen LogP contribution is 2.19. The first-order valence-electron chi connectivity index (χ1n) is 6.13. The summed E-state index contributed by atoms with van der Waals surface area (Å²) in [5, 5.41) is 9.07. The number of ether oxygens (including phenoxy) is 1. The zero-order chi connectivity index (χ0) is 14.9. The van der Waals surface area contributed by atoms with Gasteiger partial charge in [-0.05, 0) is 19.1 Å². The van der Waals surface area contributed by atoms with Crippen LogP contribution in [0, 0.1) is 17.5 Å². The standard InChI is InChI=1S/C13H14F3NO3/c1-7-4-17(5-8(6-18)20-7)13(19)9-2-3-10(14)12(16)11(9)15/h2-3,7-8,18H,4-6H2,1H3. The molecule has 2 rings (SSSR count). The molecule has 1 fully saturated rings. The Labute approximate surface area is 113 Å². The fraction of sp³-hybridized carbons (Fsp3) is 0.462. The first-order valence-corrected chi connectivity index (χ1v) is 6.13. The van der Waals surface area contributed by atoms with Gasteiger partial charge in [0, 0.05) is 13.1 Å². The highest BCUT2D eigenvalue weighted by Gasteiger charge is 2.30. The Morgan fingerprint density at radius 1 is 1.35 bits per heavy atom. The van der Waals surface area contributed by atoms with Crippen molar-refractivity contribution in [1.29, 1.82) is 0 Å². The van der Waals surface area contributed by atoms with E-state index in [1.54, 1.807) is 6.92 Å². The average Bonchev–Trinajstić information content (AvgIpc) is 2.43. The number of aliphatic hydroxyl groups is 1. The molecule has 0 aromatic heterocycles. The summed E-state index contributed by atoms with van der Waals surface area (Å²) in [6.45, 7) is 1.67. The third kappa shape index (κ3) is 2.78. The minimum absolute atomic E-state index is 0.0676. The summed E-state index contributed by atoms with van der Waals surface area (Å²) in [6, 6.07) is 1.61. The van der Waals surface area contributed by atoms with Crippen LogP contribution in [0.5, 0.6) is 0 Å². The maximum Gasteiger partial charge on any atom is 0.257 e. The van der Waals surface area contributed by atoms with Gasteiger partial charge in [-0.15, -0.1) is 0 Å². The topological polar surface area (TPSA) is 49.8 Å². The van der Waals surface area contributed by atoms with Crippen molar-refractivity contribution in [3.8, 4) is 0 Å². The van der Waals surface area contributed by atoms with E-state index in [1.165, 1.54) is 4.90 Å². The molecule has 0 bridgehead atoms. The number of carbonyl (C=O) groups is 1. The fourth-order valence-electron chi connectivity index (χ4n) is 2.17. The quantitative estimate of drug-likeness (QED) is 0.836. The molecule has 0 spiro atoms. The van der Waals surface area contributed by atoms with Gasteiger partial charge in [0.15, 0.2) is 17.5 Å². The SMILES string of the molecule is CC1CN(C(=O)c2ccc(F)c(F)c2F)CC(CO)O1. The summed E-state index contributed by atoms with van der Waals surface area (Å²) < 4.78 is 45.0. The maximum atomic E-state index is 13.6. The number of rotatable bonds is 2. The molecule has 1 N–H and O–H groups in total. The largest absolute Gasteiger partial charge is 0.394 e. The highest BCUT2D eigenvalue weighted by atomic mass is 19.2. The number of hydrogen-bond donors (Lipinski definition) is 1. The van der Waals surface area contributed by atoms with Crippen molar-refractivity contribution in [2.45, 2.75) is 19.1 Å². The minimum Gasteiger partial charge on any atom is -0.394 e. The highest BCUT2D eigenvalue weighted by molar-refractivity contribution is 5.94. The summed E-state index contributed by atoms with van der Waals surface area (Å²) >= 11 is 0. The smallest absolute Gasteiger partial charge is 0.257 e. The van der Waals surface area contributed by atoms with Crippen LogP contribution in [0.4, 0.5) is 13.2 Å². The number of carbonyl (C=O) groups excluding carboxylic acids is 1. The number of aliphatic hydroxyl groups excluding tert-OH is 1. The van der Waals surface area contributed by atoms with Crippen molar-refractivity contribution in [3.63, 3.8) is 0 Å². The van der Waals surface area contributed by atoms with Gasteiger partial charge >= 0.3 is 0 Å². The number of halogens is 3.